The van der Waals surface area contributed by atoms with Crippen LogP contribution in [0.2, 0.25) is 0 Å². The minimum Gasteiger partial charge on any atom is -0.282 e. The lowest BCUT2D eigenvalue weighted by molar-refractivity contribution is -0.140. The number of benzene rings is 1. The quantitative estimate of drug-likeness (QED) is 0.632. The Balaban J connectivity index is 1.84. The Hall–Kier alpha value is -1.90. The molecular weight excluding hydrogens is 286 g/mol. The third-order valence-corrected chi connectivity index (χ3v) is 6.16. The van der Waals surface area contributed by atoms with Crippen LogP contribution in [-0.4, -0.2) is 23.3 Å². The molecule has 3 aliphatic carbocycles. The molecule has 1 fully saturated rings. The minimum atomic E-state index is -0.178. The average molecular weight is 309 g/mol. The number of allylic oxidation sites excluding steroid dienone is 2. The molecule has 1 saturated heterocycles. The highest BCUT2D eigenvalue weighted by Gasteiger charge is 2.60. The summed E-state index contributed by atoms with van der Waals surface area (Å²) in [6.45, 7) is 6.96. The van der Waals surface area contributed by atoms with Gasteiger partial charge in [0.05, 0.1) is 11.8 Å². The number of hydrogen-bond acceptors (Lipinski definition) is 2. The molecule has 2 bridgehead atoms. The monoisotopic (exact) mass is 309 g/mol. The molecule has 4 atom stereocenters. The molecule has 120 valence electrons. The molecule has 4 aliphatic rings. The molecular formula is C20H23NO2. The number of amides is 2. The van der Waals surface area contributed by atoms with Crippen LogP contribution in [0.3, 0.4) is 0 Å². The van der Waals surface area contributed by atoms with Crippen LogP contribution in [-0.2, 0) is 9.59 Å². The first-order chi connectivity index (χ1) is 11.1. The summed E-state index contributed by atoms with van der Waals surface area (Å²) in [7, 11) is 0. The number of rotatable bonds is 3. The second-order valence-corrected chi connectivity index (χ2v) is 7.18. The van der Waals surface area contributed by atoms with Crippen molar-refractivity contribution >= 4 is 11.8 Å². The number of nitrogens with zero attached hydrogens (tertiary/aromatic N) is 1. The summed E-state index contributed by atoms with van der Waals surface area (Å²) < 4.78 is 0. The first-order valence-corrected chi connectivity index (χ1v) is 8.69. The molecule has 0 unspecified atom stereocenters. The average Bonchev–Trinajstić information content (AvgIpc) is 2.80. The van der Waals surface area contributed by atoms with Gasteiger partial charge >= 0.3 is 0 Å². The Labute approximate surface area is 137 Å². The molecule has 3 heteroatoms. The number of carbonyl (C=O) groups excluding carboxylic acids is 2. The van der Waals surface area contributed by atoms with Crippen molar-refractivity contribution in [2.45, 2.75) is 45.4 Å². The van der Waals surface area contributed by atoms with Gasteiger partial charge in [0.2, 0.25) is 11.8 Å². The summed E-state index contributed by atoms with van der Waals surface area (Å²) in [4.78, 5) is 27.5. The lowest BCUT2D eigenvalue weighted by atomic mass is 9.55. The molecule has 3 nitrogen and oxygen atoms in total. The zero-order chi connectivity index (χ0) is 16.3. The van der Waals surface area contributed by atoms with Gasteiger partial charge in [0.1, 0.15) is 0 Å². The molecule has 1 heterocycles. The van der Waals surface area contributed by atoms with E-state index in [2.05, 4.69) is 32.9 Å². The van der Waals surface area contributed by atoms with Crippen LogP contribution >= 0.6 is 0 Å². The first kappa shape index (κ1) is 14.7. The molecule has 0 N–H and O–H groups in total. The van der Waals surface area contributed by atoms with Crippen LogP contribution in [0.25, 0.3) is 0 Å². The molecule has 0 saturated carbocycles. The maximum atomic E-state index is 13.0. The summed E-state index contributed by atoms with van der Waals surface area (Å²) >= 11 is 0. The predicted octanol–water partition coefficient (Wildman–Crippen LogP) is 3.62. The molecule has 2 amide bonds. The molecule has 1 aromatic rings. The van der Waals surface area contributed by atoms with Crippen molar-refractivity contribution < 1.29 is 9.59 Å². The van der Waals surface area contributed by atoms with Crippen LogP contribution in [0.4, 0.5) is 0 Å². The molecule has 23 heavy (non-hydrogen) atoms. The number of carbonyl (C=O) groups is 2. The Bertz CT molecular complexity index is 676. The van der Waals surface area contributed by atoms with Gasteiger partial charge in [-0.2, -0.15) is 0 Å². The van der Waals surface area contributed by atoms with E-state index in [-0.39, 0.29) is 35.5 Å². The van der Waals surface area contributed by atoms with Crippen molar-refractivity contribution in [3.05, 3.63) is 46.5 Å². The van der Waals surface area contributed by atoms with Gasteiger partial charge in [0, 0.05) is 18.4 Å². The molecule has 1 aliphatic heterocycles. The topological polar surface area (TPSA) is 37.4 Å². The third-order valence-electron chi connectivity index (χ3n) is 6.16. The van der Waals surface area contributed by atoms with E-state index >= 15 is 0 Å². The zero-order valence-electron chi connectivity index (χ0n) is 14.0. The van der Waals surface area contributed by atoms with Crippen molar-refractivity contribution in [1.82, 2.24) is 4.90 Å². The van der Waals surface area contributed by atoms with Gasteiger partial charge < -0.3 is 0 Å². The van der Waals surface area contributed by atoms with E-state index in [0.29, 0.717) is 6.54 Å². The molecule has 1 aromatic carbocycles. The van der Waals surface area contributed by atoms with Crippen LogP contribution in [0.5, 0.6) is 0 Å². The van der Waals surface area contributed by atoms with Gasteiger partial charge in [0.15, 0.2) is 0 Å². The second kappa shape index (κ2) is 5.05. The number of unbranched alkanes of at least 4 members (excludes halogenated alkanes) is 1. The number of imide groups is 1. The smallest absolute Gasteiger partial charge is 0.234 e. The van der Waals surface area contributed by atoms with E-state index < -0.39 is 0 Å². The molecule has 0 radical (unpaired) electrons. The van der Waals surface area contributed by atoms with Gasteiger partial charge in [-0.15, -0.1) is 0 Å². The van der Waals surface area contributed by atoms with E-state index in [0.717, 1.165) is 12.8 Å². The lowest BCUT2D eigenvalue weighted by Gasteiger charge is -2.46. The summed E-state index contributed by atoms with van der Waals surface area (Å²) in [6.07, 6.45) is 1.89. The second-order valence-electron chi connectivity index (χ2n) is 7.18. The van der Waals surface area contributed by atoms with Gasteiger partial charge in [-0.1, -0.05) is 48.8 Å². The Morgan fingerprint density at radius 2 is 1.39 bits per heavy atom. The molecule has 0 aromatic heterocycles. The van der Waals surface area contributed by atoms with Crippen molar-refractivity contribution in [2.24, 2.45) is 11.8 Å². The summed E-state index contributed by atoms with van der Waals surface area (Å²) in [6, 6.07) is 8.39. The standard InChI is InChI=1S/C20H23NO2/c1-4-5-10-21-19(22)17-15-11(2)12(3)16(18(17)20(21)23)14-9-7-6-8-13(14)15/h6-9,15-18H,4-5,10H2,1-3H3/t15-,16+,17-,18+. The van der Waals surface area contributed by atoms with E-state index in [1.807, 2.05) is 12.1 Å². The first-order valence-electron chi connectivity index (χ1n) is 8.69. The Kier molecular flexibility index (Phi) is 3.22. The van der Waals surface area contributed by atoms with Gasteiger partial charge in [-0.25, -0.2) is 0 Å². The van der Waals surface area contributed by atoms with Crippen LogP contribution < -0.4 is 0 Å². The predicted molar refractivity (Wildman–Crippen MR) is 88.9 cm³/mol. The molecule has 5 rings (SSSR count). The zero-order valence-corrected chi connectivity index (χ0v) is 14.0. The minimum absolute atomic E-state index is 0.0600. The molecule has 0 spiro atoms. The third kappa shape index (κ3) is 1.76. The van der Waals surface area contributed by atoms with E-state index in [9.17, 15) is 9.59 Å². The van der Waals surface area contributed by atoms with Crippen molar-refractivity contribution in [2.75, 3.05) is 6.54 Å². The highest BCUT2D eigenvalue weighted by molar-refractivity contribution is 6.07. The van der Waals surface area contributed by atoms with E-state index in [4.69, 9.17) is 0 Å². The lowest BCUT2D eigenvalue weighted by Crippen LogP contribution is -2.40. The van der Waals surface area contributed by atoms with Crippen LogP contribution in [0, 0.1) is 11.8 Å². The summed E-state index contributed by atoms with van der Waals surface area (Å²) in [5.74, 6) is -0.0610. The Morgan fingerprint density at radius 3 is 1.83 bits per heavy atom. The van der Waals surface area contributed by atoms with Crippen molar-refractivity contribution in [3.8, 4) is 0 Å². The van der Waals surface area contributed by atoms with E-state index in [1.54, 1.807) is 4.90 Å². The highest BCUT2D eigenvalue weighted by atomic mass is 16.2. The van der Waals surface area contributed by atoms with Crippen LogP contribution in [0.15, 0.2) is 35.4 Å². The largest absolute Gasteiger partial charge is 0.282 e. The Morgan fingerprint density at radius 1 is 0.913 bits per heavy atom. The van der Waals surface area contributed by atoms with Crippen molar-refractivity contribution in [1.29, 1.82) is 0 Å². The van der Waals surface area contributed by atoms with Gasteiger partial charge in [-0.05, 0) is 31.4 Å². The maximum Gasteiger partial charge on any atom is 0.234 e. The van der Waals surface area contributed by atoms with E-state index in [1.165, 1.54) is 22.3 Å². The summed E-state index contributed by atoms with van der Waals surface area (Å²) in [5.41, 5.74) is 5.13. The van der Waals surface area contributed by atoms with Crippen LogP contribution in [0.1, 0.15) is 56.6 Å². The van der Waals surface area contributed by atoms with Gasteiger partial charge in [0.25, 0.3) is 0 Å². The van der Waals surface area contributed by atoms with Gasteiger partial charge in [-0.3, -0.25) is 14.5 Å². The number of hydrogen-bond donors (Lipinski definition) is 0. The SMILES string of the molecule is CCCCN1C(=O)[C@@H]2[C@H](C1=O)[C@@H]1C(C)=C(C)[C@H]2c2ccccc21. The fraction of sp³-hybridized carbons (Fsp3) is 0.500. The van der Waals surface area contributed by atoms with Crippen molar-refractivity contribution in [3.63, 3.8) is 0 Å². The highest BCUT2D eigenvalue weighted by Crippen LogP contribution is 2.60. The fourth-order valence-corrected chi connectivity index (χ4v) is 4.97. The normalized spacial score (nSPS) is 31.7. The maximum absolute atomic E-state index is 13.0. The fourth-order valence-electron chi connectivity index (χ4n) is 4.97. The summed E-state index contributed by atoms with van der Waals surface area (Å²) in [5, 5.41) is 0. The number of likely N-dealkylation sites (tertiary alicyclic amines) is 1.